The van der Waals surface area contributed by atoms with E-state index >= 15 is 0 Å². The van der Waals surface area contributed by atoms with Crippen molar-refractivity contribution in [3.63, 3.8) is 0 Å². The minimum Gasteiger partial charge on any atom is -0.373 e. The van der Waals surface area contributed by atoms with Gasteiger partial charge in [0.2, 0.25) is 0 Å². The maximum Gasteiger partial charge on any atom is 0.292 e. The van der Waals surface area contributed by atoms with Crippen LogP contribution in [0.2, 0.25) is 0 Å². The van der Waals surface area contributed by atoms with Gasteiger partial charge in [0.1, 0.15) is 5.69 Å². The van der Waals surface area contributed by atoms with E-state index < -0.39 is 0 Å². The van der Waals surface area contributed by atoms with E-state index in [-0.39, 0.29) is 16.1 Å². The molecule has 0 aliphatic carbocycles. The first-order valence-corrected chi connectivity index (χ1v) is 5.74. The highest BCUT2D eigenvalue weighted by Crippen LogP contribution is 2.29. The Morgan fingerprint density at radius 1 is 1.53 bits per heavy atom. The van der Waals surface area contributed by atoms with Gasteiger partial charge in [-0.2, -0.15) is 0 Å². The number of hydrogen-bond acceptors (Lipinski definition) is 4. The van der Waals surface area contributed by atoms with Crippen molar-refractivity contribution < 1.29 is 4.92 Å². The quantitative estimate of drug-likeness (QED) is 0.621. The third-order valence-corrected chi connectivity index (χ3v) is 3.15. The molecule has 0 aromatic heterocycles. The number of nitro benzene ring substituents is 1. The molecular formula is C12H17N3O2. The standard InChI is InChI=1S/C12H17N3O2/c1-9-3-4-11(15(16)17)10(7-9)14-12(2)5-6-13-8-12/h3-4,7,13-14H,5-6,8H2,1-2H3. The number of nitrogens with zero attached hydrogens (tertiary/aromatic N) is 1. The van der Waals surface area contributed by atoms with Gasteiger partial charge in [0, 0.05) is 18.2 Å². The van der Waals surface area contributed by atoms with E-state index in [2.05, 4.69) is 17.6 Å². The zero-order valence-electron chi connectivity index (χ0n) is 10.1. The van der Waals surface area contributed by atoms with E-state index in [1.54, 1.807) is 12.1 Å². The zero-order valence-corrected chi connectivity index (χ0v) is 10.1. The van der Waals surface area contributed by atoms with Crippen molar-refractivity contribution in [1.82, 2.24) is 5.32 Å². The van der Waals surface area contributed by atoms with Gasteiger partial charge in [-0.1, -0.05) is 6.07 Å². The van der Waals surface area contributed by atoms with Gasteiger partial charge in [-0.3, -0.25) is 10.1 Å². The third-order valence-electron chi connectivity index (χ3n) is 3.15. The van der Waals surface area contributed by atoms with Gasteiger partial charge in [-0.25, -0.2) is 0 Å². The van der Waals surface area contributed by atoms with Crippen molar-refractivity contribution in [1.29, 1.82) is 0 Å². The minimum atomic E-state index is -0.340. The molecule has 1 aromatic rings. The molecule has 0 saturated carbocycles. The van der Waals surface area contributed by atoms with Crippen molar-refractivity contribution in [3.05, 3.63) is 33.9 Å². The van der Waals surface area contributed by atoms with Crippen LogP contribution in [-0.2, 0) is 0 Å². The number of hydrogen-bond donors (Lipinski definition) is 2. The van der Waals surface area contributed by atoms with Gasteiger partial charge in [0.05, 0.1) is 4.92 Å². The fraction of sp³-hybridized carbons (Fsp3) is 0.500. The average Bonchev–Trinajstić information content (AvgIpc) is 2.64. The Morgan fingerprint density at radius 3 is 2.88 bits per heavy atom. The fourth-order valence-electron chi connectivity index (χ4n) is 2.16. The number of aryl methyl sites for hydroxylation is 1. The molecule has 1 aromatic carbocycles. The van der Waals surface area contributed by atoms with E-state index in [4.69, 9.17) is 0 Å². The molecule has 17 heavy (non-hydrogen) atoms. The van der Waals surface area contributed by atoms with Crippen LogP contribution in [0.1, 0.15) is 18.9 Å². The Bertz CT molecular complexity index is 439. The topological polar surface area (TPSA) is 67.2 Å². The van der Waals surface area contributed by atoms with Gasteiger partial charge in [0.15, 0.2) is 0 Å². The molecule has 1 atom stereocenters. The second-order valence-electron chi connectivity index (χ2n) is 4.89. The second kappa shape index (κ2) is 4.33. The highest BCUT2D eigenvalue weighted by atomic mass is 16.6. The van der Waals surface area contributed by atoms with Crippen LogP contribution in [0.25, 0.3) is 0 Å². The van der Waals surface area contributed by atoms with Crippen LogP contribution in [0.4, 0.5) is 11.4 Å². The summed E-state index contributed by atoms with van der Waals surface area (Å²) < 4.78 is 0. The molecule has 0 radical (unpaired) electrons. The van der Waals surface area contributed by atoms with Crippen molar-refractivity contribution in [2.24, 2.45) is 0 Å². The molecule has 1 aliphatic rings. The summed E-state index contributed by atoms with van der Waals surface area (Å²) in [6.07, 6.45) is 0.970. The largest absolute Gasteiger partial charge is 0.373 e. The molecule has 0 amide bonds. The minimum absolute atomic E-state index is 0.0987. The van der Waals surface area contributed by atoms with Gasteiger partial charge in [0.25, 0.3) is 5.69 Å². The summed E-state index contributed by atoms with van der Waals surface area (Å²) in [4.78, 5) is 10.6. The Kier molecular flexibility index (Phi) is 3.02. The molecule has 0 spiro atoms. The first-order chi connectivity index (χ1) is 8.00. The second-order valence-corrected chi connectivity index (χ2v) is 4.89. The molecule has 92 valence electrons. The van der Waals surface area contributed by atoms with Crippen molar-refractivity contribution >= 4 is 11.4 Å². The maximum absolute atomic E-state index is 11.0. The number of benzene rings is 1. The summed E-state index contributed by atoms with van der Waals surface area (Å²) in [5.74, 6) is 0. The first kappa shape index (κ1) is 11.9. The van der Waals surface area contributed by atoms with Crippen molar-refractivity contribution in [3.8, 4) is 0 Å². The Balaban J connectivity index is 2.30. The van der Waals surface area contributed by atoms with Crippen LogP contribution in [0.5, 0.6) is 0 Å². The highest BCUT2D eigenvalue weighted by Gasteiger charge is 2.30. The number of anilines is 1. The molecular weight excluding hydrogens is 218 g/mol. The Morgan fingerprint density at radius 2 is 2.29 bits per heavy atom. The van der Waals surface area contributed by atoms with E-state index in [9.17, 15) is 10.1 Å². The van der Waals surface area contributed by atoms with Crippen LogP contribution in [0, 0.1) is 17.0 Å². The molecule has 5 heteroatoms. The van der Waals surface area contributed by atoms with Crippen LogP contribution < -0.4 is 10.6 Å². The Labute approximate surface area is 100 Å². The van der Waals surface area contributed by atoms with Crippen LogP contribution in [0.15, 0.2) is 18.2 Å². The van der Waals surface area contributed by atoms with E-state index in [0.717, 1.165) is 25.1 Å². The van der Waals surface area contributed by atoms with Gasteiger partial charge < -0.3 is 10.6 Å². The van der Waals surface area contributed by atoms with Crippen molar-refractivity contribution in [2.45, 2.75) is 25.8 Å². The van der Waals surface area contributed by atoms with Gasteiger partial charge in [-0.05, 0) is 38.4 Å². The summed E-state index contributed by atoms with van der Waals surface area (Å²) >= 11 is 0. The fourth-order valence-corrected chi connectivity index (χ4v) is 2.16. The molecule has 2 N–H and O–H groups in total. The molecule has 1 fully saturated rings. The smallest absolute Gasteiger partial charge is 0.292 e. The van der Waals surface area contributed by atoms with E-state index in [1.807, 2.05) is 13.0 Å². The van der Waals surface area contributed by atoms with Gasteiger partial charge >= 0.3 is 0 Å². The van der Waals surface area contributed by atoms with Gasteiger partial charge in [-0.15, -0.1) is 0 Å². The zero-order chi connectivity index (χ0) is 12.5. The number of nitrogens with one attached hydrogen (secondary N) is 2. The lowest BCUT2D eigenvalue weighted by Crippen LogP contribution is -2.37. The maximum atomic E-state index is 11.0. The summed E-state index contributed by atoms with van der Waals surface area (Å²) in [5.41, 5.74) is 1.68. The van der Waals surface area contributed by atoms with Crippen LogP contribution >= 0.6 is 0 Å². The third kappa shape index (κ3) is 2.55. The molecule has 5 nitrogen and oxygen atoms in total. The molecule has 1 heterocycles. The highest BCUT2D eigenvalue weighted by molar-refractivity contribution is 5.64. The normalized spacial score (nSPS) is 23.6. The SMILES string of the molecule is Cc1ccc([N+](=O)[O-])c(NC2(C)CCNC2)c1. The summed E-state index contributed by atoms with van der Waals surface area (Å²) in [6, 6.07) is 5.16. The van der Waals surface area contributed by atoms with E-state index in [1.165, 1.54) is 0 Å². The molecule has 1 unspecified atom stereocenters. The average molecular weight is 235 g/mol. The summed E-state index contributed by atoms with van der Waals surface area (Å²) in [6.45, 7) is 5.80. The van der Waals surface area contributed by atoms with E-state index in [0.29, 0.717) is 5.69 Å². The number of rotatable bonds is 3. The summed E-state index contributed by atoms with van der Waals surface area (Å²) in [7, 11) is 0. The lowest BCUT2D eigenvalue weighted by atomic mass is 10.0. The monoisotopic (exact) mass is 235 g/mol. The van der Waals surface area contributed by atoms with Crippen LogP contribution in [-0.4, -0.2) is 23.6 Å². The number of nitro groups is 1. The van der Waals surface area contributed by atoms with Crippen molar-refractivity contribution in [2.75, 3.05) is 18.4 Å². The molecule has 1 aliphatic heterocycles. The molecule has 1 saturated heterocycles. The predicted molar refractivity (Wildman–Crippen MR) is 67.3 cm³/mol. The Hall–Kier alpha value is -1.62. The predicted octanol–water partition coefficient (Wildman–Crippen LogP) is 2.07. The summed E-state index contributed by atoms with van der Waals surface area (Å²) in [5, 5.41) is 17.5. The lowest BCUT2D eigenvalue weighted by molar-refractivity contribution is -0.384. The molecule has 2 rings (SSSR count). The molecule has 0 bridgehead atoms. The first-order valence-electron chi connectivity index (χ1n) is 5.74. The lowest BCUT2D eigenvalue weighted by Gasteiger charge is -2.25. The van der Waals surface area contributed by atoms with Crippen LogP contribution in [0.3, 0.4) is 0 Å².